The number of morpholine rings is 1. The standard InChI is InChI=1S/C14H20N6O4/c1-9-7-20(12-6-10(17-18-15)11(8-21)24-12)14(22)16-13(9)19-2-4-23-5-3-19/h7,10-12,21H,2-6,8H2,1H3/t10?,11-,12-/m1/s1. The average molecular weight is 336 g/mol. The number of azide groups is 1. The number of hydrogen-bond acceptors (Lipinski definition) is 7. The number of anilines is 1. The van der Waals surface area contributed by atoms with Crippen LogP contribution in [-0.4, -0.2) is 59.7 Å². The maximum Gasteiger partial charge on any atom is 0.351 e. The molecule has 0 aromatic carbocycles. The summed E-state index contributed by atoms with van der Waals surface area (Å²) in [5.41, 5.74) is 9.03. The number of aliphatic hydroxyl groups excluding tert-OH is 1. The van der Waals surface area contributed by atoms with Gasteiger partial charge in [0.15, 0.2) is 0 Å². The van der Waals surface area contributed by atoms with E-state index in [4.69, 9.17) is 15.0 Å². The number of aliphatic hydroxyl groups is 1. The topological polar surface area (TPSA) is 126 Å². The number of aryl methyl sites for hydroxylation is 1. The molecular formula is C14H20N6O4. The SMILES string of the molecule is Cc1cn([C@H]2CC(N=[N+]=[N-])[C@@H](CO)O2)c(=O)nc1N1CCOCC1. The van der Waals surface area contributed by atoms with Crippen LogP contribution in [-0.2, 0) is 9.47 Å². The van der Waals surface area contributed by atoms with Crippen LogP contribution in [0.5, 0.6) is 0 Å². The quantitative estimate of drug-likeness (QED) is 0.480. The Morgan fingerprint density at radius 1 is 1.50 bits per heavy atom. The molecule has 0 amide bonds. The van der Waals surface area contributed by atoms with Crippen LogP contribution in [0.15, 0.2) is 16.1 Å². The third-order valence-electron chi connectivity index (χ3n) is 4.31. The summed E-state index contributed by atoms with van der Waals surface area (Å²) in [4.78, 5) is 21.4. The third kappa shape index (κ3) is 3.22. The second-order valence-corrected chi connectivity index (χ2v) is 5.86. The van der Waals surface area contributed by atoms with E-state index in [2.05, 4.69) is 15.0 Å². The Hall–Kier alpha value is -2.13. The van der Waals surface area contributed by atoms with Crippen molar-refractivity contribution >= 4 is 5.82 Å². The summed E-state index contributed by atoms with van der Waals surface area (Å²) in [6.07, 6.45) is 0.817. The zero-order chi connectivity index (χ0) is 17.1. The molecule has 3 heterocycles. The lowest BCUT2D eigenvalue weighted by molar-refractivity contribution is -0.0270. The van der Waals surface area contributed by atoms with Crippen LogP contribution < -0.4 is 10.6 Å². The fourth-order valence-corrected chi connectivity index (χ4v) is 3.10. The van der Waals surface area contributed by atoms with Gasteiger partial charge in [-0.2, -0.15) is 4.98 Å². The fourth-order valence-electron chi connectivity index (χ4n) is 3.10. The zero-order valence-electron chi connectivity index (χ0n) is 13.4. The van der Waals surface area contributed by atoms with Crippen LogP contribution in [0, 0.1) is 6.92 Å². The van der Waals surface area contributed by atoms with Crippen LogP contribution in [0.2, 0.25) is 0 Å². The Balaban J connectivity index is 1.86. The first-order valence-corrected chi connectivity index (χ1v) is 7.87. The van der Waals surface area contributed by atoms with Crippen LogP contribution in [0.25, 0.3) is 10.4 Å². The van der Waals surface area contributed by atoms with Gasteiger partial charge in [0.25, 0.3) is 0 Å². The summed E-state index contributed by atoms with van der Waals surface area (Å²) in [5.74, 6) is 0.655. The smallest absolute Gasteiger partial charge is 0.351 e. The lowest BCUT2D eigenvalue weighted by atomic mass is 10.1. The second kappa shape index (κ2) is 7.18. The van der Waals surface area contributed by atoms with Gasteiger partial charge in [-0.05, 0) is 12.5 Å². The van der Waals surface area contributed by atoms with Gasteiger partial charge in [-0.15, -0.1) is 0 Å². The fraction of sp³-hybridized carbons (Fsp3) is 0.714. The molecule has 1 aromatic rings. The number of hydrogen-bond donors (Lipinski definition) is 1. The Morgan fingerprint density at radius 2 is 2.25 bits per heavy atom. The van der Waals surface area contributed by atoms with Crippen molar-refractivity contribution < 1.29 is 14.6 Å². The summed E-state index contributed by atoms with van der Waals surface area (Å²) in [6.45, 7) is 4.24. The van der Waals surface area contributed by atoms with E-state index in [1.807, 2.05) is 11.8 Å². The molecule has 0 bridgehead atoms. The first-order chi connectivity index (χ1) is 11.6. The molecule has 0 saturated carbocycles. The normalized spacial score (nSPS) is 27.1. The molecule has 0 radical (unpaired) electrons. The number of rotatable bonds is 4. The van der Waals surface area contributed by atoms with Crippen LogP contribution in [0.1, 0.15) is 18.2 Å². The minimum Gasteiger partial charge on any atom is -0.394 e. The lowest BCUT2D eigenvalue weighted by Gasteiger charge is -2.29. The summed E-state index contributed by atoms with van der Waals surface area (Å²) < 4.78 is 12.4. The molecule has 0 spiro atoms. The van der Waals surface area contributed by atoms with Gasteiger partial charge in [0.2, 0.25) is 0 Å². The van der Waals surface area contributed by atoms with Crippen molar-refractivity contribution in [1.82, 2.24) is 9.55 Å². The first-order valence-electron chi connectivity index (χ1n) is 7.87. The molecule has 2 fully saturated rings. The van der Waals surface area contributed by atoms with Crippen LogP contribution >= 0.6 is 0 Å². The molecule has 10 heteroatoms. The van der Waals surface area contributed by atoms with Crippen LogP contribution in [0.4, 0.5) is 5.82 Å². The molecule has 3 atom stereocenters. The van der Waals surface area contributed by atoms with E-state index in [-0.39, 0.29) is 6.61 Å². The molecule has 3 rings (SSSR count). The highest BCUT2D eigenvalue weighted by molar-refractivity contribution is 5.45. The predicted molar refractivity (Wildman–Crippen MR) is 84.8 cm³/mol. The van der Waals surface area contributed by atoms with Crippen LogP contribution in [0.3, 0.4) is 0 Å². The van der Waals surface area contributed by atoms with E-state index >= 15 is 0 Å². The van der Waals surface area contributed by atoms with Crippen molar-refractivity contribution in [3.05, 3.63) is 32.7 Å². The number of ether oxygens (including phenoxy) is 2. The van der Waals surface area contributed by atoms with Crippen molar-refractivity contribution in [2.75, 3.05) is 37.8 Å². The van der Waals surface area contributed by atoms with Gasteiger partial charge in [-0.1, -0.05) is 5.11 Å². The second-order valence-electron chi connectivity index (χ2n) is 5.86. The van der Waals surface area contributed by atoms with Gasteiger partial charge in [0.1, 0.15) is 12.0 Å². The van der Waals surface area contributed by atoms with Crippen molar-refractivity contribution in [1.29, 1.82) is 0 Å². The van der Waals surface area contributed by atoms with E-state index < -0.39 is 24.1 Å². The highest BCUT2D eigenvalue weighted by atomic mass is 16.5. The highest BCUT2D eigenvalue weighted by Gasteiger charge is 2.36. The first kappa shape index (κ1) is 16.7. The maximum absolute atomic E-state index is 12.4. The summed E-state index contributed by atoms with van der Waals surface area (Å²) in [5, 5.41) is 13.0. The van der Waals surface area contributed by atoms with Gasteiger partial charge in [-0.3, -0.25) is 4.57 Å². The molecule has 1 N–H and O–H groups in total. The van der Waals surface area contributed by atoms with Gasteiger partial charge < -0.3 is 19.5 Å². The van der Waals surface area contributed by atoms with E-state index in [9.17, 15) is 9.90 Å². The Morgan fingerprint density at radius 3 is 2.92 bits per heavy atom. The molecular weight excluding hydrogens is 316 g/mol. The molecule has 1 unspecified atom stereocenters. The maximum atomic E-state index is 12.4. The molecule has 2 aliphatic rings. The molecule has 0 aliphatic carbocycles. The van der Waals surface area contributed by atoms with Gasteiger partial charge >= 0.3 is 5.69 Å². The molecule has 2 aliphatic heterocycles. The van der Waals surface area contributed by atoms with Gasteiger partial charge in [0, 0.05) is 36.2 Å². The average Bonchev–Trinajstić information content (AvgIpc) is 3.00. The Kier molecular flexibility index (Phi) is 5.00. The van der Waals surface area contributed by atoms with Gasteiger partial charge in [0.05, 0.1) is 32.0 Å². The molecule has 2 saturated heterocycles. The van der Waals surface area contributed by atoms with E-state index in [1.165, 1.54) is 4.57 Å². The largest absolute Gasteiger partial charge is 0.394 e. The molecule has 130 valence electrons. The summed E-state index contributed by atoms with van der Waals surface area (Å²) >= 11 is 0. The Labute approximate surface area is 138 Å². The van der Waals surface area contributed by atoms with Crippen molar-refractivity contribution in [3.63, 3.8) is 0 Å². The summed E-state index contributed by atoms with van der Waals surface area (Å²) in [7, 11) is 0. The Bertz CT molecular complexity index is 695. The van der Waals surface area contributed by atoms with Crippen molar-refractivity contribution in [2.24, 2.45) is 5.11 Å². The third-order valence-corrected chi connectivity index (χ3v) is 4.31. The van der Waals surface area contributed by atoms with Crippen molar-refractivity contribution in [2.45, 2.75) is 31.7 Å². The minimum atomic E-state index is -0.614. The summed E-state index contributed by atoms with van der Waals surface area (Å²) in [6, 6.07) is -0.504. The number of aromatic nitrogens is 2. The molecule has 10 nitrogen and oxygen atoms in total. The van der Waals surface area contributed by atoms with E-state index in [1.54, 1.807) is 6.20 Å². The highest BCUT2D eigenvalue weighted by Crippen LogP contribution is 2.30. The predicted octanol–water partition coefficient (Wildman–Crippen LogP) is 0.347. The lowest BCUT2D eigenvalue weighted by Crippen LogP contribution is -2.39. The van der Waals surface area contributed by atoms with Gasteiger partial charge in [-0.25, -0.2) is 4.79 Å². The molecule has 24 heavy (non-hydrogen) atoms. The minimum absolute atomic E-state index is 0.271. The van der Waals surface area contributed by atoms with Crippen molar-refractivity contribution in [3.8, 4) is 0 Å². The van der Waals surface area contributed by atoms with E-state index in [0.717, 1.165) is 5.56 Å². The van der Waals surface area contributed by atoms with E-state index in [0.29, 0.717) is 38.5 Å². The molecule has 1 aromatic heterocycles. The number of nitrogens with zero attached hydrogens (tertiary/aromatic N) is 6. The monoisotopic (exact) mass is 336 g/mol. The zero-order valence-corrected chi connectivity index (χ0v) is 13.4.